The van der Waals surface area contributed by atoms with Crippen LogP contribution < -0.4 is 5.73 Å². The molecule has 9 nitrogen and oxygen atoms in total. The van der Waals surface area contributed by atoms with Crippen LogP contribution in [-0.4, -0.2) is 41.4 Å². The van der Waals surface area contributed by atoms with E-state index in [0.717, 1.165) is 33.3 Å². The fourth-order valence-corrected chi connectivity index (χ4v) is 5.11. The summed E-state index contributed by atoms with van der Waals surface area (Å²) in [6.45, 7) is 4.97. The Morgan fingerprint density at radius 3 is 2.56 bits per heavy atom. The lowest BCUT2D eigenvalue weighted by Gasteiger charge is -2.33. The highest BCUT2D eigenvalue weighted by Gasteiger charge is 2.26. The fourth-order valence-electron chi connectivity index (χ4n) is 5.11. The number of pyridine rings is 2. The number of rotatable bonds is 10. The van der Waals surface area contributed by atoms with Crippen molar-refractivity contribution in [2.24, 2.45) is 5.73 Å². The first-order valence-electron chi connectivity index (χ1n) is 12.8. The molecule has 198 valence electrons. The minimum absolute atomic E-state index is 0.123. The molecule has 0 radical (unpaired) electrons. The molecule has 0 aliphatic rings. The number of carbonyl (C=O) groups excluding carboxylic acids is 1. The van der Waals surface area contributed by atoms with Gasteiger partial charge in [-0.25, -0.2) is 9.78 Å². The maximum absolute atomic E-state index is 12.0. The largest absolute Gasteiger partial charge is 0.478 e. The van der Waals surface area contributed by atoms with Crippen LogP contribution in [0.5, 0.6) is 0 Å². The van der Waals surface area contributed by atoms with E-state index < -0.39 is 11.9 Å². The number of carbonyl (C=O) groups is 2. The molecule has 0 saturated carbocycles. The number of amides is 1. The number of carboxylic acids is 1. The third kappa shape index (κ3) is 5.49. The highest BCUT2D eigenvalue weighted by atomic mass is 16.4. The molecular weight excluding hydrogens is 492 g/mol. The molecule has 9 heteroatoms. The Morgan fingerprint density at radius 1 is 1.00 bits per heavy atom. The lowest BCUT2D eigenvalue weighted by atomic mass is 10.1. The summed E-state index contributed by atoms with van der Waals surface area (Å²) in [5.74, 6) is -1.46. The lowest BCUT2D eigenvalue weighted by molar-refractivity contribution is -0.118. The zero-order chi connectivity index (χ0) is 27.5. The summed E-state index contributed by atoms with van der Waals surface area (Å²) in [6.07, 6.45) is 5.45. The van der Waals surface area contributed by atoms with Crippen LogP contribution in [0.25, 0.3) is 21.8 Å². The number of benzene rings is 2. The molecule has 2 aromatic carbocycles. The summed E-state index contributed by atoms with van der Waals surface area (Å²) in [6, 6.07) is 17.3. The fraction of sp³-hybridized carbons (Fsp3) is 0.233. The van der Waals surface area contributed by atoms with Gasteiger partial charge < -0.3 is 15.4 Å². The van der Waals surface area contributed by atoms with Crippen LogP contribution in [-0.2, 0) is 17.9 Å². The molecule has 0 aliphatic carbocycles. The normalized spacial score (nSPS) is 12.3. The molecule has 0 bridgehead atoms. The van der Waals surface area contributed by atoms with Crippen molar-refractivity contribution in [3.05, 3.63) is 101 Å². The highest BCUT2D eigenvalue weighted by molar-refractivity contribution is 6.01. The van der Waals surface area contributed by atoms with Crippen molar-refractivity contribution in [2.45, 2.75) is 45.9 Å². The summed E-state index contributed by atoms with van der Waals surface area (Å²) in [5.41, 5.74) is 10.7. The van der Waals surface area contributed by atoms with E-state index in [1.54, 1.807) is 18.6 Å². The number of nitrogens with two attached hydrogens (primary N) is 1. The van der Waals surface area contributed by atoms with Crippen molar-refractivity contribution in [1.82, 2.24) is 24.4 Å². The summed E-state index contributed by atoms with van der Waals surface area (Å²) < 4.78 is 1.93. The summed E-state index contributed by atoms with van der Waals surface area (Å²) >= 11 is 0. The second kappa shape index (κ2) is 11.0. The molecule has 1 unspecified atom stereocenters. The van der Waals surface area contributed by atoms with Gasteiger partial charge in [-0.05, 0) is 55.0 Å². The first-order chi connectivity index (χ1) is 18.8. The van der Waals surface area contributed by atoms with E-state index in [1.807, 2.05) is 48.9 Å². The van der Waals surface area contributed by atoms with Crippen LogP contribution in [0.1, 0.15) is 51.9 Å². The van der Waals surface area contributed by atoms with Gasteiger partial charge in [0.2, 0.25) is 5.91 Å². The Kier molecular flexibility index (Phi) is 7.33. The van der Waals surface area contributed by atoms with Gasteiger partial charge in [-0.15, -0.1) is 0 Å². The summed E-state index contributed by atoms with van der Waals surface area (Å²) in [5, 5.41) is 11.8. The quantitative estimate of drug-likeness (QED) is 0.271. The number of primary amides is 1. The maximum Gasteiger partial charge on any atom is 0.337 e. The standard InChI is InChI=1S/C30H30N6O3/c1-19-14-20(2)24(33-15-19)16-35(17-25-22-7-4-3-6-21(22)12-13-32-25)28(11-10-27(31)37)36-18-34-29-23(30(38)39)8-5-9-26(29)36/h3-9,12-15,18,28H,10-11,16-17H2,1-2H3,(H2,31,37)(H,38,39). The van der Waals surface area contributed by atoms with E-state index in [2.05, 4.69) is 28.1 Å². The van der Waals surface area contributed by atoms with Crippen molar-refractivity contribution in [3.63, 3.8) is 0 Å². The van der Waals surface area contributed by atoms with Crippen LogP contribution in [0, 0.1) is 13.8 Å². The Bertz CT molecular complexity index is 1670. The van der Waals surface area contributed by atoms with Gasteiger partial charge in [-0.2, -0.15) is 0 Å². The van der Waals surface area contributed by atoms with Crippen molar-refractivity contribution in [1.29, 1.82) is 0 Å². The zero-order valence-corrected chi connectivity index (χ0v) is 21.9. The van der Waals surface area contributed by atoms with Gasteiger partial charge in [-0.3, -0.25) is 19.7 Å². The van der Waals surface area contributed by atoms with Crippen molar-refractivity contribution in [2.75, 3.05) is 0 Å². The molecule has 0 fully saturated rings. The van der Waals surface area contributed by atoms with E-state index in [1.165, 1.54) is 6.07 Å². The highest BCUT2D eigenvalue weighted by Crippen LogP contribution is 2.30. The van der Waals surface area contributed by atoms with E-state index in [9.17, 15) is 14.7 Å². The number of aromatic carboxylic acids is 1. The number of para-hydroxylation sites is 1. The molecule has 0 spiro atoms. The molecule has 39 heavy (non-hydrogen) atoms. The second-order valence-electron chi connectivity index (χ2n) is 9.78. The minimum atomic E-state index is -1.05. The Labute approximate surface area is 225 Å². The lowest BCUT2D eigenvalue weighted by Crippen LogP contribution is -2.33. The van der Waals surface area contributed by atoms with Crippen LogP contribution in [0.3, 0.4) is 0 Å². The molecule has 3 aromatic heterocycles. The number of aromatic nitrogens is 4. The van der Waals surface area contributed by atoms with Crippen LogP contribution in [0.4, 0.5) is 0 Å². The minimum Gasteiger partial charge on any atom is -0.478 e. The van der Waals surface area contributed by atoms with Gasteiger partial charge in [0.25, 0.3) is 0 Å². The number of aryl methyl sites for hydroxylation is 2. The molecule has 5 rings (SSSR count). The third-order valence-electron chi connectivity index (χ3n) is 7.01. The molecular formula is C30H30N6O3. The van der Waals surface area contributed by atoms with Crippen LogP contribution in [0.15, 0.2) is 73.3 Å². The summed E-state index contributed by atoms with van der Waals surface area (Å²) in [7, 11) is 0. The van der Waals surface area contributed by atoms with Gasteiger partial charge in [0, 0.05) is 37.3 Å². The van der Waals surface area contributed by atoms with Gasteiger partial charge in [0.1, 0.15) is 5.52 Å². The predicted molar refractivity (Wildman–Crippen MR) is 149 cm³/mol. The Morgan fingerprint density at radius 2 is 1.79 bits per heavy atom. The zero-order valence-electron chi connectivity index (χ0n) is 21.9. The molecule has 1 amide bonds. The monoisotopic (exact) mass is 522 g/mol. The first-order valence-corrected chi connectivity index (χ1v) is 12.8. The Hall–Kier alpha value is -4.63. The first kappa shape index (κ1) is 26.0. The smallest absolute Gasteiger partial charge is 0.337 e. The number of fused-ring (bicyclic) bond motifs is 2. The van der Waals surface area contributed by atoms with Crippen LogP contribution >= 0.6 is 0 Å². The number of hydrogen-bond acceptors (Lipinski definition) is 6. The average molecular weight is 523 g/mol. The van der Waals surface area contributed by atoms with Crippen molar-refractivity contribution in [3.8, 4) is 0 Å². The van der Waals surface area contributed by atoms with E-state index >= 15 is 0 Å². The molecule has 5 aromatic rings. The molecule has 0 saturated heterocycles. The summed E-state index contributed by atoms with van der Waals surface area (Å²) in [4.78, 5) is 40.0. The van der Waals surface area contributed by atoms with Crippen LogP contribution in [0.2, 0.25) is 0 Å². The number of imidazole rings is 1. The van der Waals surface area contributed by atoms with E-state index in [-0.39, 0.29) is 18.2 Å². The van der Waals surface area contributed by atoms with Crippen molar-refractivity contribution >= 4 is 33.7 Å². The maximum atomic E-state index is 12.0. The van der Waals surface area contributed by atoms with Crippen molar-refractivity contribution < 1.29 is 14.7 Å². The number of carboxylic acid groups (broad SMARTS) is 1. The van der Waals surface area contributed by atoms with E-state index in [0.29, 0.717) is 30.5 Å². The molecule has 1 atom stereocenters. The number of nitrogens with zero attached hydrogens (tertiary/aromatic N) is 5. The van der Waals surface area contributed by atoms with Gasteiger partial charge >= 0.3 is 5.97 Å². The predicted octanol–water partition coefficient (Wildman–Crippen LogP) is 4.76. The average Bonchev–Trinajstić information content (AvgIpc) is 3.34. The molecule has 3 heterocycles. The third-order valence-corrected chi connectivity index (χ3v) is 7.01. The van der Waals surface area contributed by atoms with Gasteiger partial charge in [-0.1, -0.05) is 36.4 Å². The topological polar surface area (TPSA) is 127 Å². The van der Waals surface area contributed by atoms with Gasteiger partial charge in [0.15, 0.2) is 0 Å². The Balaban J connectivity index is 1.65. The second-order valence-corrected chi connectivity index (χ2v) is 9.78. The molecule has 3 N–H and O–H groups in total. The SMILES string of the molecule is Cc1cnc(CN(Cc2nccc3ccccc23)C(CCC(N)=O)n2cnc3c(C(=O)O)cccc32)c(C)c1. The van der Waals surface area contributed by atoms with E-state index in [4.69, 9.17) is 15.7 Å². The number of hydrogen-bond donors (Lipinski definition) is 2. The molecule has 0 aliphatic heterocycles. The van der Waals surface area contributed by atoms with Gasteiger partial charge in [0.05, 0.1) is 35.0 Å².